The summed E-state index contributed by atoms with van der Waals surface area (Å²) >= 11 is 0. The number of carboxylic acid groups (broad SMARTS) is 1. The summed E-state index contributed by atoms with van der Waals surface area (Å²) in [5.41, 5.74) is 7.72. The van der Waals surface area contributed by atoms with Gasteiger partial charge in [0, 0.05) is 37.0 Å². The highest BCUT2D eigenvalue weighted by Gasteiger charge is 2.27. The van der Waals surface area contributed by atoms with Crippen LogP contribution in [0.15, 0.2) is 78.9 Å². The summed E-state index contributed by atoms with van der Waals surface area (Å²) in [6, 6.07) is 23.0. The van der Waals surface area contributed by atoms with E-state index in [1.165, 1.54) is 29.8 Å². The Balaban J connectivity index is 1.28. The smallest absolute Gasteiger partial charge is 0.335 e. The zero-order valence-corrected chi connectivity index (χ0v) is 20.0. The highest BCUT2D eigenvalue weighted by Crippen LogP contribution is 2.34. The van der Waals surface area contributed by atoms with Crippen LogP contribution in [0, 0.1) is 5.92 Å². The van der Waals surface area contributed by atoms with Crippen LogP contribution in [0.25, 0.3) is 0 Å². The van der Waals surface area contributed by atoms with E-state index in [-0.39, 0.29) is 17.2 Å². The van der Waals surface area contributed by atoms with Crippen molar-refractivity contribution in [3.63, 3.8) is 0 Å². The van der Waals surface area contributed by atoms with E-state index < -0.39 is 17.8 Å². The van der Waals surface area contributed by atoms with Gasteiger partial charge in [-0.1, -0.05) is 30.3 Å². The van der Waals surface area contributed by atoms with E-state index in [2.05, 4.69) is 27.9 Å². The molecule has 1 heterocycles. The topological polar surface area (TPSA) is 108 Å². The molecule has 1 fully saturated rings. The molecule has 0 bridgehead atoms. The number of hydrogen-bond acceptors (Lipinski definition) is 5. The van der Waals surface area contributed by atoms with Crippen molar-refractivity contribution in [1.82, 2.24) is 10.9 Å². The summed E-state index contributed by atoms with van der Waals surface area (Å²) in [4.78, 5) is 37.9. The van der Waals surface area contributed by atoms with Gasteiger partial charge in [-0.05, 0) is 72.9 Å². The second-order valence-corrected chi connectivity index (χ2v) is 8.73. The van der Waals surface area contributed by atoms with E-state index in [0.717, 1.165) is 31.6 Å². The summed E-state index contributed by atoms with van der Waals surface area (Å²) in [5.74, 6) is -1.61. The molecule has 0 aromatic heterocycles. The minimum Gasteiger partial charge on any atom is -0.478 e. The maximum absolute atomic E-state index is 12.5. The van der Waals surface area contributed by atoms with E-state index in [4.69, 9.17) is 9.84 Å². The maximum atomic E-state index is 12.5. The molecule has 1 aliphatic rings. The molecule has 3 N–H and O–H groups in total. The van der Waals surface area contributed by atoms with Gasteiger partial charge in [0.25, 0.3) is 11.8 Å². The number of carbonyl (C=O) groups is 3. The first kappa shape index (κ1) is 24.9. The molecule has 0 spiro atoms. The first-order valence-electron chi connectivity index (χ1n) is 11.8. The number of anilines is 1. The molecule has 3 aromatic carbocycles. The molecule has 3 aromatic rings. The second kappa shape index (κ2) is 11.5. The number of nitrogens with zero attached hydrogens (tertiary/aromatic N) is 1. The van der Waals surface area contributed by atoms with Crippen LogP contribution in [0.1, 0.15) is 55.6 Å². The number of ether oxygens (including phenoxy) is 1. The van der Waals surface area contributed by atoms with Crippen molar-refractivity contribution in [1.29, 1.82) is 0 Å². The fourth-order valence-corrected chi connectivity index (χ4v) is 4.55. The number of benzene rings is 3. The van der Waals surface area contributed by atoms with Crippen molar-refractivity contribution in [2.75, 3.05) is 25.1 Å². The lowest BCUT2D eigenvalue weighted by Crippen LogP contribution is -2.41. The summed E-state index contributed by atoms with van der Waals surface area (Å²) in [6.07, 6.45) is 2.11. The molecule has 1 saturated heterocycles. The van der Waals surface area contributed by atoms with E-state index in [0.29, 0.717) is 11.5 Å². The summed E-state index contributed by atoms with van der Waals surface area (Å²) in [5, 5.41) is 8.94. The molecule has 8 heteroatoms. The number of hydrogen-bond donors (Lipinski definition) is 3. The van der Waals surface area contributed by atoms with Gasteiger partial charge in [0.15, 0.2) is 0 Å². The number of rotatable bonds is 7. The van der Waals surface area contributed by atoms with Crippen LogP contribution in [0.3, 0.4) is 0 Å². The molecular formula is C28H29N3O5. The van der Waals surface area contributed by atoms with Crippen molar-refractivity contribution in [2.24, 2.45) is 5.92 Å². The van der Waals surface area contributed by atoms with Crippen molar-refractivity contribution in [2.45, 2.75) is 18.9 Å². The summed E-state index contributed by atoms with van der Waals surface area (Å²) in [7, 11) is 1.77. The average Bonchev–Trinajstić information content (AvgIpc) is 2.93. The van der Waals surface area contributed by atoms with Gasteiger partial charge in [0.2, 0.25) is 0 Å². The third kappa shape index (κ3) is 5.90. The zero-order valence-electron chi connectivity index (χ0n) is 20.0. The molecular weight excluding hydrogens is 458 g/mol. The minimum absolute atomic E-state index is 0.0783. The van der Waals surface area contributed by atoms with Crippen LogP contribution in [0.4, 0.5) is 5.69 Å². The highest BCUT2D eigenvalue weighted by molar-refractivity contribution is 5.99. The van der Waals surface area contributed by atoms with Crippen LogP contribution < -0.4 is 15.8 Å². The van der Waals surface area contributed by atoms with Gasteiger partial charge in [-0.3, -0.25) is 20.4 Å². The van der Waals surface area contributed by atoms with Crippen molar-refractivity contribution in [3.05, 3.63) is 101 Å². The van der Waals surface area contributed by atoms with Gasteiger partial charge in [-0.15, -0.1) is 0 Å². The Morgan fingerprint density at radius 1 is 0.806 bits per heavy atom. The van der Waals surface area contributed by atoms with Crippen LogP contribution in [0.5, 0.6) is 0 Å². The summed E-state index contributed by atoms with van der Waals surface area (Å²) < 4.78 is 5.83. The number of piperidine rings is 1. The third-order valence-corrected chi connectivity index (χ3v) is 6.53. The molecule has 0 aliphatic carbocycles. The quantitative estimate of drug-likeness (QED) is 0.434. The van der Waals surface area contributed by atoms with E-state index in [1.807, 2.05) is 30.3 Å². The largest absolute Gasteiger partial charge is 0.478 e. The Hall–Kier alpha value is -4.17. The lowest BCUT2D eigenvalue weighted by molar-refractivity contribution is 0.0409. The van der Waals surface area contributed by atoms with Gasteiger partial charge in [0.05, 0.1) is 11.7 Å². The standard InChI is InChI=1S/C28H29N3O5/c1-36-25(19-5-3-2-4-6-19)20-15-17-31(18-16-20)24-13-11-22(12-14-24)27(33)30-29-26(32)21-7-9-23(10-8-21)28(34)35/h2-14,20,25H,15-18H2,1H3,(H,29,32)(H,30,33)(H,34,35). The van der Waals surface area contributed by atoms with Crippen LogP contribution >= 0.6 is 0 Å². The first-order chi connectivity index (χ1) is 17.5. The zero-order chi connectivity index (χ0) is 25.5. The Labute approximate surface area is 209 Å². The molecule has 186 valence electrons. The molecule has 4 rings (SSSR count). The predicted octanol–water partition coefficient (Wildman–Crippen LogP) is 4.06. The molecule has 1 atom stereocenters. The van der Waals surface area contributed by atoms with Crippen molar-refractivity contribution >= 4 is 23.5 Å². The third-order valence-electron chi connectivity index (χ3n) is 6.53. The Morgan fingerprint density at radius 2 is 1.31 bits per heavy atom. The lowest BCUT2D eigenvalue weighted by Gasteiger charge is -2.37. The monoisotopic (exact) mass is 487 g/mol. The Kier molecular flexibility index (Phi) is 7.97. The number of carboxylic acids is 1. The Morgan fingerprint density at radius 3 is 1.81 bits per heavy atom. The highest BCUT2D eigenvalue weighted by atomic mass is 16.5. The molecule has 1 unspecified atom stereocenters. The maximum Gasteiger partial charge on any atom is 0.335 e. The van der Waals surface area contributed by atoms with Crippen molar-refractivity contribution in [3.8, 4) is 0 Å². The first-order valence-corrected chi connectivity index (χ1v) is 11.8. The number of nitrogens with one attached hydrogen (secondary N) is 2. The molecule has 36 heavy (non-hydrogen) atoms. The van der Waals surface area contributed by atoms with Crippen LogP contribution in [0.2, 0.25) is 0 Å². The number of carbonyl (C=O) groups excluding carboxylic acids is 2. The number of methoxy groups -OCH3 is 1. The van der Waals surface area contributed by atoms with Gasteiger partial charge in [0.1, 0.15) is 0 Å². The van der Waals surface area contributed by atoms with Gasteiger partial charge in [-0.25, -0.2) is 4.79 Å². The second-order valence-electron chi connectivity index (χ2n) is 8.73. The number of aromatic carboxylic acids is 1. The number of hydrazine groups is 1. The van der Waals surface area contributed by atoms with E-state index >= 15 is 0 Å². The van der Waals surface area contributed by atoms with E-state index in [9.17, 15) is 14.4 Å². The van der Waals surface area contributed by atoms with Gasteiger partial charge < -0.3 is 14.7 Å². The van der Waals surface area contributed by atoms with Gasteiger partial charge >= 0.3 is 5.97 Å². The molecule has 1 aliphatic heterocycles. The summed E-state index contributed by atoms with van der Waals surface area (Å²) in [6.45, 7) is 1.80. The Bertz CT molecular complexity index is 1190. The molecule has 2 amide bonds. The predicted molar refractivity (Wildman–Crippen MR) is 136 cm³/mol. The fraction of sp³-hybridized carbons (Fsp3) is 0.250. The van der Waals surface area contributed by atoms with E-state index in [1.54, 1.807) is 19.2 Å². The molecule has 0 saturated carbocycles. The van der Waals surface area contributed by atoms with Crippen molar-refractivity contribution < 1.29 is 24.2 Å². The fourth-order valence-electron chi connectivity index (χ4n) is 4.55. The normalized spacial score (nSPS) is 14.6. The van der Waals surface area contributed by atoms with Crippen LogP contribution in [-0.2, 0) is 4.74 Å². The SMILES string of the molecule is COC(c1ccccc1)C1CCN(c2ccc(C(=O)NNC(=O)c3ccc(C(=O)O)cc3)cc2)CC1. The minimum atomic E-state index is -1.07. The van der Waals surface area contributed by atoms with Crippen LogP contribution in [-0.4, -0.2) is 43.1 Å². The van der Waals surface area contributed by atoms with Gasteiger partial charge in [-0.2, -0.15) is 0 Å². The molecule has 8 nitrogen and oxygen atoms in total. The number of amides is 2. The lowest BCUT2D eigenvalue weighted by atomic mass is 9.87. The molecule has 0 radical (unpaired) electrons. The average molecular weight is 488 g/mol.